The zero-order chi connectivity index (χ0) is 9.84. The molecule has 0 heterocycles. The van der Waals surface area contributed by atoms with Crippen LogP contribution in [-0.2, 0) is 6.54 Å². The molecule has 1 aromatic rings. The summed E-state index contributed by atoms with van der Waals surface area (Å²) in [5, 5.41) is 3.39. The topological polar surface area (TPSA) is 38.0 Å². The Morgan fingerprint density at radius 3 is 2.62 bits per heavy atom. The smallest absolute Gasteiger partial charge is 0.0390 e. The highest BCUT2D eigenvalue weighted by molar-refractivity contribution is 5.54. The van der Waals surface area contributed by atoms with Crippen LogP contribution in [0.3, 0.4) is 0 Å². The van der Waals surface area contributed by atoms with Crippen LogP contribution in [0.25, 0.3) is 0 Å². The number of anilines is 1. The number of benzene rings is 1. The van der Waals surface area contributed by atoms with Crippen LogP contribution in [0.5, 0.6) is 0 Å². The number of hydrogen-bond donors (Lipinski definition) is 2. The van der Waals surface area contributed by atoms with E-state index in [9.17, 15) is 0 Å². The lowest BCUT2D eigenvalue weighted by molar-refractivity contribution is 0.890. The van der Waals surface area contributed by atoms with Crippen LogP contribution in [0, 0.1) is 6.92 Å². The van der Waals surface area contributed by atoms with E-state index in [0.717, 1.165) is 5.69 Å². The van der Waals surface area contributed by atoms with Crippen molar-refractivity contribution < 1.29 is 0 Å². The highest BCUT2D eigenvalue weighted by Gasteiger charge is 2.03. The Morgan fingerprint density at radius 2 is 2.08 bits per heavy atom. The number of nitrogens with one attached hydrogen (secondary N) is 1. The van der Waals surface area contributed by atoms with Gasteiger partial charge in [0.2, 0.25) is 0 Å². The summed E-state index contributed by atoms with van der Waals surface area (Å²) >= 11 is 0. The normalized spacial score (nSPS) is 10.5. The van der Waals surface area contributed by atoms with Crippen molar-refractivity contribution in [1.82, 2.24) is 0 Å². The summed E-state index contributed by atoms with van der Waals surface area (Å²) in [5.41, 5.74) is 9.33. The molecule has 72 valence electrons. The zero-order valence-electron chi connectivity index (χ0n) is 8.59. The van der Waals surface area contributed by atoms with E-state index in [1.807, 2.05) is 0 Å². The molecule has 1 rings (SSSR count). The molecule has 0 spiro atoms. The fraction of sp³-hybridized carbons (Fsp3) is 0.455. The average molecular weight is 178 g/mol. The van der Waals surface area contributed by atoms with Gasteiger partial charge in [-0.1, -0.05) is 12.1 Å². The summed E-state index contributed by atoms with van der Waals surface area (Å²) in [7, 11) is 0. The van der Waals surface area contributed by atoms with Gasteiger partial charge in [-0.3, -0.25) is 0 Å². The fourth-order valence-corrected chi connectivity index (χ4v) is 1.42. The molecule has 13 heavy (non-hydrogen) atoms. The Kier molecular flexibility index (Phi) is 3.32. The van der Waals surface area contributed by atoms with E-state index in [1.165, 1.54) is 11.1 Å². The first kappa shape index (κ1) is 10.1. The molecule has 0 saturated heterocycles. The summed E-state index contributed by atoms with van der Waals surface area (Å²) < 4.78 is 0. The van der Waals surface area contributed by atoms with Gasteiger partial charge >= 0.3 is 0 Å². The van der Waals surface area contributed by atoms with Gasteiger partial charge < -0.3 is 11.1 Å². The highest BCUT2D eigenvalue weighted by atomic mass is 14.9. The number of rotatable bonds is 3. The monoisotopic (exact) mass is 178 g/mol. The van der Waals surface area contributed by atoms with Crippen molar-refractivity contribution in [3.63, 3.8) is 0 Å². The molecule has 0 aromatic heterocycles. The fourth-order valence-electron chi connectivity index (χ4n) is 1.42. The molecular weight excluding hydrogens is 160 g/mol. The second-order valence-corrected chi connectivity index (χ2v) is 3.60. The summed E-state index contributed by atoms with van der Waals surface area (Å²) in [4.78, 5) is 0. The first-order chi connectivity index (χ1) is 6.15. The first-order valence-electron chi connectivity index (χ1n) is 4.70. The van der Waals surface area contributed by atoms with Gasteiger partial charge in [-0.05, 0) is 38.0 Å². The Morgan fingerprint density at radius 1 is 1.38 bits per heavy atom. The summed E-state index contributed by atoms with van der Waals surface area (Å²) in [6, 6.07) is 6.68. The van der Waals surface area contributed by atoms with Crippen molar-refractivity contribution in [3.05, 3.63) is 29.3 Å². The quantitative estimate of drug-likeness (QED) is 0.745. The molecule has 3 N–H and O–H groups in total. The van der Waals surface area contributed by atoms with Gasteiger partial charge in [-0.2, -0.15) is 0 Å². The molecule has 0 saturated carbocycles. The van der Waals surface area contributed by atoms with E-state index in [-0.39, 0.29) is 0 Å². The van der Waals surface area contributed by atoms with Crippen LogP contribution in [-0.4, -0.2) is 6.04 Å². The van der Waals surface area contributed by atoms with Crippen molar-refractivity contribution >= 4 is 5.69 Å². The predicted octanol–water partition coefficient (Wildman–Crippen LogP) is 2.27. The number of nitrogens with two attached hydrogens (primary N) is 1. The van der Waals surface area contributed by atoms with Gasteiger partial charge in [0.05, 0.1) is 0 Å². The van der Waals surface area contributed by atoms with E-state index in [4.69, 9.17) is 5.73 Å². The van der Waals surface area contributed by atoms with E-state index in [2.05, 4.69) is 44.3 Å². The molecule has 0 amide bonds. The van der Waals surface area contributed by atoms with Crippen LogP contribution < -0.4 is 11.1 Å². The third-order valence-electron chi connectivity index (χ3n) is 2.06. The minimum Gasteiger partial charge on any atom is -0.383 e. The van der Waals surface area contributed by atoms with Crippen molar-refractivity contribution in [2.24, 2.45) is 5.73 Å². The molecule has 0 radical (unpaired) electrons. The molecule has 0 aliphatic carbocycles. The molecule has 1 aromatic carbocycles. The minimum atomic E-state index is 0.451. The molecule has 0 fully saturated rings. The molecule has 0 aliphatic rings. The largest absolute Gasteiger partial charge is 0.383 e. The Labute approximate surface area is 80.1 Å². The second kappa shape index (κ2) is 4.28. The Bertz CT molecular complexity index is 279. The third-order valence-corrected chi connectivity index (χ3v) is 2.06. The number of aryl methyl sites for hydroxylation is 1. The van der Waals surface area contributed by atoms with Gasteiger partial charge in [0.1, 0.15) is 0 Å². The van der Waals surface area contributed by atoms with E-state index in [0.29, 0.717) is 12.6 Å². The van der Waals surface area contributed by atoms with Gasteiger partial charge in [0, 0.05) is 18.3 Å². The lowest BCUT2D eigenvalue weighted by Crippen LogP contribution is -2.13. The molecular formula is C11H18N2. The summed E-state index contributed by atoms with van der Waals surface area (Å²) in [6.45, 7) is 6.95. The summed E-state index contributed by atoms with van der Waals surface area (Å²) in [5.74, 6) is 0. The van der Waals surface area contributed by atoms with Crippen molar-refractivity contribution in [3.8, 4) is 0 Å². The summed E-state index contributed by atoms with van der Waals surface area (Å²) in [6.07, 6.45) is 0. The first-order valence-corrected chi connectivity index (χ1v) is 4.70. The Balaban J connectivity index is 2.98. The molecule has 0 atom stereocenters. The average Bonchev–Trinajstić information content (AvgIpc) is 2.03. The third kappa shape index (κ3) is 2.46. The van der Waals surface area contributed by atoms with Crippen LogP contribution in [0.15, 0.2) is 18.2 Å². The van der Waals surface area contributed by atoms with E-state index >= 15 is 0 Å². The van der Waals surface area contributed by atoms with Gasteiger partial charge in [0.25, 0.3) is 0 Å². The maximum Gasteiger partial charge on any atom is 0.0390 e. The van der Waals surface area contributed by atoms with Crippen molar-refractivity contribution in [1.29, 1.82) is 0 Å². The lowest BCUT2D eigenvalue weighted by atomic mass is 10.1. The zero-order valence-corrected chi connectivity index (χ0v) is 8.59. The molecule has 0 aliphatic heterocycles. The van der Waals surface area contributed by atoms with Gasteiger partial charge in [-0.25, -0.2) is 0 Å². The van der Waals surface area contributed by atoms with Crippen LogP contribution >= 0.6 is 0 Å². The van der Waals surface area contributed by atoms with Crippen LogP contribution in [0.1, 0.15) is 25.0 Å². The molecule has 2 nitrogen and oxygen atoms in total. The standard InChI is InChI=1S/C11H18N2/c1-8(2)13-11-6-4-5-9(3)10(11)7-12/h4-6,8,13H,7,12H2,1-3H3. The van der Waals surface area contributed by atoms with E-state index in [1.54, 1.807) is 0 Å². The Hall–Kier alpha value is -1.02. The number of hydrogen-bond acceptors (Lipinski definition) is 2. The van der Waals surface area contributed by atoms with E-state index < -0.39 is 0 Å². The highest BCUT2D eigenvalue weighted by Crippen LogP contribution is 2.19. The SMILES string of the molecule is Cc1cccc(NC(C)C)c1CN. The van der Waals surface area contributed by atoms with Crippen LogP contribution in [0.2, 0.25) is 0 Å². The van der Waals surface area contributed by atoms with Crippen molar-refractivity contribution in [2.75, 3.05) is 5.32 Å². The minimum absolute atomic E-state index is 0.451. The maximum absolute atomic E-state index is 5.69. The molecule has 0 bridgehead atoms. The van der Waals surface area contributed by atoms with Gasteiger partial charge in [-0.15, -0.1) is 0 Å². The lowest BCUT2D eigenvalue weighted by Gasteiger charge is -2.15. The molecule has 2 heteroatoms. The van der Waals surface area contributed by atoms with Gasteiger partial charge in [0.15, 0.2) is 0 Å². The second-order valence-electron chi connectivity index (χ2n) is 3.60. The predicted molar refractivity (Wildman–Crippen MR) is 57.8 cm³/mol. The van der Waals surface area contributed by atoms with Crippen molar-refractivity contribution in [2.45, 2.75) is 33.4 Å². The maximum atomic E-state index is 5.69. The molecule has 0 unspecified atom stereocenters. The van der Waals surface area contributed by atoms with Crippen LogP contribution in [0.4, 0.5) is 5.69 Å².